The van der Waals surface area contributed by atoms with Crippen LogP contribution in [0, 0.1) is 12.7 Å². The number of halogens is 1. The Morgan fingerprint density at radius 1 is 1.50 bits per heavy atom. The number of aryl methyl sites for hydroxylation is 1. The van der Waals surface area contributed by atoms with E-state index in [2.05, 4.69) is 5.32 Å². The number of amides is 1. The molecule has 1 saturated heterocycles. The topological polar surface area (TPSA) is 32.3 Å². The summed E-state index contributed by atoms with van der Waals surface area (Å²) in [5.74, 6) is -0.392. The molecule has 1 atom stereocenters. The summed E-state index contributed by atoms with van der Waals surface area (Å²) in [6.07, 6.45) is 2.08. The first-order valence-corrected chi connectivity index (χ1v) is 6.34. The van der Waals surface area contributed by atoms with E-state index in [0.717, 1.165) is 19.4 Å². The standard InChI is InChI=1S/C14H19FN2O/c1-10-5-6-11(8-13(10)15)14(18)17-7-3-4-12(9-17)16-2/h5-6,8,12,16H,3-4,7,9H2,1-2H3. The first-order valence-electron chi connectivity index (χ1n) is 6.34. The molecule has 1 heterocycles. The average molecular weight is 250 g/mol. The van der Waals surface area contributed by atoms with Gasteiger partial charge in [0.1, 0.15) is 5.82 Å². The number of benzene rings is 1. The third kappa shape index (κ3) is 2.70. The van der Waals surface area contributed by atoms with E-state index in [4.69, 9.17) is 0 Å². The van der Waals surface area contributed by atoms with Crippen LogP contribution in [0.5, 0.6) is 0 Å². The van der Waals surface area contributed by atoms with Gasteiger partial charge in [-0.1, -0.05) is 6.07 Å². The smallest absolute Gasteiger partial charge is 0.254 e. The lowest BCUT2D eigenvalue weighted by Crippen LogP contribution is -2.46. The summed E-state index contributed by atoms with van der Waals surface area (Å²) in [5.41, 5.74) is 1.01. The SMILES string of the molecule is CNC1CCCN(C(=O)c2ccc(C)c(F)c2)C1. The Labute approximate surface area is 107 Å². The molecule has 1 aliphatic heterocycles. The molecular formula is C14H19FN2O. The third-order valence-corrected chi connectivity index (χ3v) is 3.54. The van der Waals surface area contributed by atoms with E-state index in [1.54, 1.807) is 24.0 Å². The molecule has 1 aliphatic rings. The predicted molar refractivity (Wildman–Crippen MR) is 69.1 cm³/mol. The summed E-state index contributed by atoms with van der Waals surface area (Å²) >= 11 is 0. The molecule has 0 radical (unpaired) electrons. The molecule has 18 heavy (non-hydrogen) atoms. The van der Waals surface area contributed by atoms with Crippen LogP contribution in [-0.4, -0.2) is 37.0 Å². The van der Waals surface area contributed by atoms with Gasteiger partial charge in [0.05, 0.1) is 0 Å². The summed E-state index contributed by atoms with van der Waals surface area (Å²) in [7, 11) is 1.91. The van der Waals surface area contributed by atoms with Gasteiger partial charge in [0.25, 0.3) is 5.91 Å². The zero-order chi connectivity index (χ0) is 13.1. The van der Waals surface area contributed by atoms with Crippen LogP contribution in [0.4, 0.5) is 4.39 Å². The van der Waals surface area contributed by atoms with Gasteiger partial charge < -0.3 is 10.2 Å². The summed E-state index contributed by atoms with van der Waals surface area (Å²) in [6.45, 7) is 3.15. The molecule has 1 unspecified atom stereocenters. The van der Waals surface area contributed by atoms with Crippen molar-refractivity contribution in [2.75, 3.05) is 20.1 Å². The van der Waals surface area contributed by atoms with E-state index >= 15 is 0 Å². The van der Waals surface area contributed by atoms with E-state index in [9.17, 15) is 9.18 Å². The van der Waals surface area contributed by atoms with Crippen molar-refractivity contribution in [3.8, 4) is 0 Å². The molecule has 0 saturated carbocycles. The number of piperidine rings is 1. The molecule has 0 aliphatic carbocycles. The van der Waals surface area contributed by atoms with E-state index in [1.165, 1.54) is 6.07 Å². The summed E-state index contributed by atoms with van der Waals surface area (Å²) in [4.78, 5) is 14.1. The molecule has 1 aromatic rings. The van der Waals surface area contributed by atoms with Crippen molar-refractivity contribution in [2.24, 2.45) is 0 Å². The van der Waals surface area contributed by atoms with Crippen LogP contribution in [0.2, 0.25) is 0 Å². The van der Waals surface area contributed by atoms with Gasteiger partial charge in [0.2, 0.25) is 0 Å². The van der Waals surface area contributed by atoms with E-state index in [1.807, 2.05) is 7.05 Å². The Bertz CT molecular complexity index is 447. The predicted octanol–water partition coefficient (Wildman–Crippen LogP) is 1.96. The average Bonchev–Trinajstić information content (AvgIpc) is 2.41. The normalized spacial score (nSPS) is 19.9. The van der Waals surface area contributed by atoms with E-state index < -0.39 is 0 Å². The van der Waals surface area contributed by atoms with Crippen molar-refractivity contribution >= 4 is 5.91 Å². The number of likely N-dealkylation sites (N-methyl/N-ethyl adjacent to an activating group) is 1. The molecule has 1 fully saturated rings. The van der Waals surface area contributed by atoms with Crippen molar-refractivity contribution in [1.82, 2.24) is 10.2 Å². The Balaban J connectivity index is 2.12. The largest absolute Gasteiger partial charge is 0.337 e. The highest BCUT2D eigenvalue weighted by Gasteiger charge is 2.23. The highest BCUT2D eigenvalue weighted by molar-refractivity contribution is 5.94. The van der Waals surface area contributed by atoms with Crippen molar-refractivity contribution < 1.29 is 9.18 Å². The zero-order valence-electron chi connectivity index (χ0n) is 10.9. The minimum absolute atomic E-state index is 0.0751. The Morgan fingerprint density at radius 2 is 2.28 bits per heavy atom. The lowest BCUT2D eigenvalue weighted by molar-refractivity contribution is 0.0697. The maximum Gasteiger partial charge on any atom is 0.254 e. The molecule has 0 bridgehead atoms. The molecule has 2 rings (SSSR count). The lowest BCUT2D eigenvalue weighted by atomic mass is 10.0. The van der Waals surface area contributed by atoms with Gasteiger partial charge in [0.15, 0.2) is 0 Å². The molecule has 3 nitrogen and oxygen atoms in total. The molecule has 1 amide bonds. The van der Waals surface area contributed by atoms with Gasteiger partial charge in [-0.25, -0.2) is 4.39 Å². The van der Waals surface area contributed by atoms with Crippen LogP contribution < -0.4 is 5.32 Å². The van der Waals surface area contributed by atoms with Crippen molar-refractivity contribution in [3.05, 3.63) is 35.1 Å². The molecule has 4 heteroatoms. The Kier molecular flexibility index (Phi) is 3.97. The fraction of sp³-hybridized carbons (Fsp3) is 0.500. The number of carbonyl (C=O) groups is 1. The fourth-order valence-electron chi connectivity index (χ4n) is 2.31. The van der Waals surface area contributed by atoms with Crippen LogP contribution in [0.3, 0.4) is 0 Å². The molecule has 1 aromatic carbocycles. The van der Waals surface area contributed by atoms with Gasteiger partial charge in [-0.2, -0.15) is 0 Å². The molecular weight excluding hydrogens is 231 g/mol. The number of hydrogen-bond acceptors (Lipinski definition) is 2. The van der Waals surface area contributed by atoms with Crippen LogP contribution in [0.25, 0.3) is 0 Å². The van der Waals surface area contributed by atoms with Crippen LogP contribution >= 0.6 is 0 Å². The molecule has 1 N–H and O–H groups in total. The first-order chi connectivity index (χ1) is 8.61. The number of carbonyl (C=O) groups excluding carboxylic acids is 1. The van der Waals surface area contributed by atoms with E-state index in [0.29, 0.717) is 23.7 Å². The minimum Gasteiger partial charge on any atom is -0.337 e. The van der Waals surface area contributed by atoms with Crippen molar-refractivity contribution in [1.29, 1.82) is 0 Å². The summed E-state index contributed by atoms with van der Waals surface area (Å²) < 4.78 is 13.5. The van der Waals surface area contributed by atoms with Crippen LogP contribution in [0.15, 0.2) is 18.2 Å². The maximum absolute atomic E-state index is 13.5. The second kappa shape index (κ2) is 5.48. The Morgan fingerprint density at radius 3 is 2.94 bits per heavy atom. The highest BCUT2D eigenvalue weighted by Crippen LogP contribution is 2.15. The summed E-state index contributed by atoms with van der Waals surface area (Å²) in [5, 5.41) is 3.19. The number of nitrogens with one attached hydrogen (secondary N) is 1. The van der Waals surface area contributed by atoms with Gasteiger partial charge >= 0.3 is 0 Å². The van der Waals surface area contributed by atoms with E-state index in [-0.39, 0.29) is 11.7 Å². The number of nitrogens with zero attached hydrogens (tertiary/aromatic N) is 1. The second-order valence-corrected chi connectivity index (χ2v) is 4.84. The number of rotatable bonds is 2. The first kappa shape index (κ1) is 13.0. The quantitative estimate of drug-likeness (QED) is 0.870. The molecule has 98 valence electrons. The fourth-order valence-corrected chi connectivity index (χ4v) is 2.31. The number of likely N-dealkylation sites (tertiary alicyclic amines) is 1. The second-order valence-electron chi connectivity index (χ2n) is 4.84. The van der Waals surface area contributed by atoms with Gasteiger partial charge in [-0.3, -0.25) is 4.79 Å². The molecule has 0 aromatic heterocycles. The van der Waals surface area contributed by atoms with Gasteiger partial charge in [-0.15, -0.1) is 0 Å². The lowest BCUT2D eigenvalue weighted by Gasteiger charge is -2.32. The monoisotopic (exact) mass is 250 g/mol. The highest BCUT2D eigenvalue weighted by atomic mass is 19.1. The number of hydrogen-bond donors (Lipinski definition) is 1. The summed E-state index contributed by atoms with van der Waals surface area (Å²) in [6, 6.07) is 5.03. The molecule has 0 spiro atoms. The van der Waals surface area contributed by atoms with Gasteiger partial charge in [-0.05, 0) is 44.5 Å². The Hall–Kier alpha value is -1.42. The van der Waals surface area contributed by atoms with Crippen molar-refractivity contribution in [2.45, 2.75) is 25.8 Å². The third-order valence-electron chi connectivity index (χ3n) is 3.54. The maximum atomic E-state index is 13.5. The van der Waals surface area contributed by atoms with Crippen LogP contribution in [-0.2, 0) is 0 Å². The van der Waals surface area contributed by atoms with Gasteiger partial charge in [0, 0.05) is 24.7 Å². The zero-order valence-corrected chi connectivity index (χ0v) is 10.9. The van der Waals surface area contributed by atoms with Crippen molar-refractivity contribution in [3.63, 3.8) is 0 Å². The minimum atomic E-state index is -0.317. The van der Waals surface area contributed by atoms with Crippen LogP contribution in [0.1, 0.15) is 28.8 Å².